The molecule has 0 heterocycles. The SMILES string of the molecule is CCN(CCO)C(=O)c1cc(CCc2ccccc2)ccc1O. The zero-order valence-corrected chi connectivity index (χ0v) is 13.4. The van der Waals surface area contributed by atoms with Crippen LogP contribution in [0.5, 0.6) is 5.75 Å². The Morgan fingerprint density at radius 2 is 1.74 bits per heavy atom. The number of rotatable bonds is 7. The Kier molecular flexibility index (Phi) is 6.18. The number of phenols is 1. The number of phenolic OH excluding ortho intramolecular Hbond substituents is 1. The predicted molar refractivity (Wildman–Crippen MR) is 90.6 cm³/mol. The monoisotopic (exact) mass is 313 g/mol. The van der Waals surface area contributed by atoms with Crippen molar-refractivity contribution in [2.45, 2.75) is 19.8 Å². The molecule has 0 radical (unpaired) electrons. The summed E-state index contributed by atoms with van der Waals surface area (Å²) in [6.07, 6.45) is 1.68. The second kappa shape index (κ2) is 8.34. The van der Waals surface area contributed by atoms with Crippen LogP contribution in [0.25, 0.3) is 0 Å². The smallest absolute Gasteiger partial charge is 0.257 e. The summed E-state index contributed by atoms with van der Waals surface area (Å²) in [6, 6.07) is 15.3. The van der Waals surface area contributed by atoms with Gasteiger partial charge in [0.2, 0.25) is 0 Å². The number of hydrogen-bond acceptors (Lipinski definition) is 3. The van der Waals surface area contributed by atoms with E-state index in [0.29, 0.717) is 12.1 Å². The van der Waals surface area contributed by atoms with Crippen molar-refractivity contribution in [2.24, 2.45) is 0 Å². The van der Waals surface area contributed by atoms with Gasteiger partial charge in [0.25, 0.3) is 5.91 Å². The molecule has 2 rings (SSSR count). The summed E-state index contributed by atoms with van der Waals surface area (Å²) in [7, 11) is 0. The van der Waals surface area contributed by atoms with Crippen LogP contribution in [0.4, 0.5) is 0 Å². The number of aryl methyl sites for hydroxylation is 2. The molecule has 2 aromatic carbocycles. The minimum absolute atomic E-state index is 0.0187. The molecular weight excluding hydrogens is 290 g/mol. The van der Waals surface area contributed by atoms with Crippen LogP contribution >= 0.6 is 0 Å². The Labute approximate surface area is 137 Å². The third kappa shape index (κ3) is 4.57. The number of hydrogen-bond donors (Lipinski definition) is 2. The molecule has 0 spiro atoms. The molecule has 0 aliphatic carbocycles. The molecule has 0 atom stereocenters. The third-order valence-electron chi connectivity index (χ3n) is 3.88. The first kappa shape index (κ1) is 17.0. The van der Waals surface area contributed by atoms with Crippen LogP contribution in [0.2, 0.25) is 0 Å². The summed E-state index contributed by atoms with van der Waals surface area (Å²) in [5.41, 5.74) is 2.55. The lowest BCUT2D eigenvalue weighted by Crippen LogP contribution is -2.33. The molecule has 0 bridgehead atoms. The van der Waals surface area contributed by atoms with E-state index >= 15 is 0 Å². The first-order valence-corrected chi connectivity index (χ1v) is 7.91. The van der Waals surface area contributed by atoms with Crippen LogP contribution in [0.3, 0.4) is 0 Å². The number of benzene rings is 2. The molecular formula is C19H23NO3. The van der Waals surface area contributed by atoms with Gasteiger partial charge in [-0.3, -0.25) is 4.79 Å². The lowest BCUT2D eigenvalue weighted by Gasteiger charge is -2.20. The van der Waals surface area contributed by atoms with E-state index in [9.17, 15) is 9.90 Å². The van der Waals surface area contributed by atoms with E-state index in [-0.39, 0.29) is 24.8 Å². The van der Waals surface area contributed by atoms with Gasteiger partial charge in [0.15, 0.2) is 0 Å². The van der Waals surface area contributed by atoms with Crippen molar-refractivity contribution in [3.05, 3.63) is 65.2 Å². The summed E-state index contributed by atoms with van der Waals surface area (Å²) in [5.74, 6) is -0.268. The molecule has 23 heavy (non-hydrogen) atoms. The normalized spacial score (nSPS) is 10.5. The number of carbonyl (C=O) groups is 1. The lowest BCUT2D eigenvalue weighted by molar-refractivity contribution is 0.0729. The second-order valence-electron chi connectivity index (χ2n) is 5.45. The fraction of sp³-hybridized carbons (Fsp3) is 0.316. The Balaban J connectivity index is 2.13. The van der Waals surface area contributed by atoms with Gasteiger partial charge in [0.05, 0.1) is 12.2 Å². The third-order valence-corrected chi connectivity index (χ3v) is 3.88. The quantitative estimate of drug-likeness (QED) is 0.826. The van der Waals surface area contributed by atoms with Crippen LogP contribution in [0.15, 0.2) is 48.5 Å². The molecule has 0 unspecified atom stereocenters. The van der Waals surface area contributed by atoms with E-state index < -0.39 is 0 Å². The van der Waals surface area contributed by atoms with Crippen molar-refractivity contribution >= 4 is 5.91 Å². The number of nitrogens with zero attached hydrogens (tertiary/aromatic N) is 1. The maximum Gasteiger partial charge on any atom is 0.257 e. The number of carbonyl (C=O) groups excluding carboxylic acids is 1. The topological polar surface area (TPSA) is 60.8 Å². The second-order valence-corrected chi connectivity index (χ2v) is 5.45. The molecule has 0 saturated heterocycles. The maximum absolute atomic E-state index is 12.5. The summed E-state index contributed by atoms with van der Waals surface area (Å²) in [6.45, 7) is 2.52. The number of amides is 1. The van der Waals surface area contributed by atoms with Crippen LogP contribution in [-0.4, -0.2) is 40.7 Å². The lowest BCUT2D eigenvalue weighted by atomic mass is 10.0. The van der Waals surface area contributed by atoms with Gasteiger partial charge in [-0.25, -0.2) is 0 Å². The molecule has 2 aromatic rings. The molecule has 2 N–H and O–H groups in total. The Bertz CT molecular complexity index is 640. The molecule has 0 aromatic heterocycles. The summed E-state index contributed by atoms with van der Waals surface area (Å²) >= 11 is 0. The van der Waals surface area contributed by atoms with E-state index in [1.165, 1.54) is 10.5 Å². The van der Waals surface area contributed by atoms with E-state index in [1.54, 1.807) is 12.1 Å². The van der Waals surface area contributed by atoms with Crippen molar-refractivity contribution < 1.29 is 15.0 Å². The summed E-state index contributed by atoms with van der Waals surface area (Å²) in [4.78, 5) is 14.0. The number of aromatic hydroxyl groups is 1. The van der Waals surface area contributed by atoms with E-state index in [0.717, 1.165) is 18.4 Å². The molecule has 4 heteroatoms. The Morgan fingerprint density at radius 3 is 2.39 bits per heavy atom. The highest BCUT2D eigenvalue weighted by Crippen LogP contribution is 2.21. The average Bonchev–Trinajstić information content (AvgIpc) is 2.59. The van der Waals surface area contributed by atoms with Gasteiger partial charge < -0.3 is 15.1 Å². The number of aliphatic hydroxyl groups is 1. The Hall–Kier alpha value is -2.33. The first-order chi connectivity index (χ1) is 11.2. The van der Waals surface area contributed by atoms with Gasteiger partial charge in [-0.2, -0.15) is 0 Å². The van der Waals surface area contributed by atoms with Gasteiger partial charge in [0.1, 0.15) is 5.75 Å². The van der Waals surface area contributed by atoms with E-state index in [2.05, 4.69) is 12.1 Å². The van der Waals surface area contributed by atoms with Crippen molar-refractivity contribution in [3.8, 4) is 5.75 Å². The average molecular weight is 313 g/mol. The molecule has 0 aliphatic rings. The molecule has 0 aliphatic heterocycles. The van der Waals surface area contributed by atoms with E-state index in [1.807, 2.05) is 31.2 Å². The van der Waals surface area contributed by atoms with Crippen molar-refractivity contribution in [1.29, 1.82) is 0 Å². The van der Waals surface area contributed by atoms with E-state index in [4.69, 9.17) is 5.11 Å². The predicted octanol–water partition coefficient (Wildman–Crippen LogP) is 2.63. The van der Waals surface area contributed by atoms with Gasteiger partial charge in [-0.1, -0.05) is 36.4 Å². The molecule has 0 saturated carbocycles. The van der Waals surface area contributed by atoms with Crippen LogP contribution in [-0.2, 0) is 12.8 Å². The van der Waals surface area contributed by atoms with Crippen LogP contribution in [0, 0.1) is 0 Å². The van der Waals surface area contributed by atoms with Gasteiger partial charge in [-0.05, 0) is 43.0 Å². The van der Waals surface area contributed by atoms with Gasteiger partial charge >= 0.3 is 0 Å². The fourth-order valence-electron chi connectivity index (χ4n) is 2.54. The molecule has 0 fully saturated rings. The zero-order valence-electron chi connectivity index (χ0n) is 13.4. The molecule has 122 valence electrons. The van der Waals surface area contributed by atoms with Gasteiger partial charge in [0, 0.05) is 13.1 Å². The Morgan fingerprint density at radius 1 is 1.04 bits per heavy atom. The first-order valence-electron chi connectivity index (χ1n) is 7.91. The highest BCUT2D eigenvalue weighted by atomic mass is 16.3. The summed E-state index contributed by atoms with van der Waals surface area (Å²) in [5, 5.41) is 19.0. The van der Waals surface area contributed by atoms with Crippen molar-refractivity contribution in [3.63, 3.8) is 0 Å². The van der Waals surface area contributed by atoms with Crippen molar-refractivity contribution in [1.82, 2.24) is 4.90 Å². The largest absolute Gasteiger partial charge is 0.507 e. The molecule has 1 amide bonds. The minimum atomic E-state index is -0.249. The maximum atomic E-state index is 12.5. The number of likely N-dealkylation sites (N-methyl/N-ethyl adjacent to an activating group) is 1. The minimum Gasteiger partial charge on any atom is -0.507 e. The fourth-order valence-corrected chi connectivity index (χ4v) is 2.54. The number of aliphatic hydroxyl groups excluding tert-OH is 1. The van der Waals surface area contributed by atoms with Crippen molar-refractivity contribution in [2.75, 3.05) is 19.7 Å². The van der Waals surface area contributed by atoms with Crippen LogP contribution < -0.4 is 0 Å². The zero-order chi connectivity index (χ0) is 16.7. The highest BCUT2D eigenvalue weighted by molar-refractivity contribution is 5.97. The van der Waals surface area contributed by atoms with Crippen LogP contribution in [0.1, 0.15) is 28.4 Å². The summed E-state index contributed by atoms with van der Waals surface area (Å²) < 4.78 is 0. The van der Waals surface area contributed by atoms with Gasteiger partial charge in [-0.15, -0.1) is 0 Å². The molecule has 4 nitrogen and oxygen atoms in total. The standard InChI is InChI=1S/C19H23NO3/c1-2-20(12-13-21)19(23)17-14-16(10-11-18(17)22)9-8-15-6-4-3-5-7-15/h3-7,10-11,14,21-22H,2,8-9,12-13H2,1H3. The highest BCUT2D eigenvalue weighted by Gasteiger charge is 2.17.